The molecule has 3 rings (SSSR count). The molecule has 0 radical (unpaired) electrons. The van der Waals surface area contributed by atoms with Crippen LogP contribution in [0.5, 0.6) is 0 Å². The van der Waals surface area contributed by atoms with Crippen molar-refractivity contribution in [3.63, 3.8) is 0 Å². The van der Waals surface area contributed by atoms with E-state index in [1.807, 2.05) is 6.07 Å². The normalized spacial score (nSPS) is 10.8. The Morgan fingerprint density at radius 2 is 2.21 bits per heavy atom. The Hall–Kier alpha value is -2.08. The maximum absolute atomic E-state index is 11.7. The van der Waals surface area contributed by atoms with Gasteiger partial charge < -0.3 is 14.1 Å². The number of ether oxygens (including phenoxy) is 1. The predicted molar refractivity (Wildman–Crippen MR) is 72.8 cm³/mol. The number of hydrogen-bond donors (Lipinski definition) is 1. The molecular weight excluding hydrogens is 312 g/mol. The molecule has 6 heteroatoms. The number of esters is 1. The first-order chi connectivity index (χ1) is 9.19. The monoisotopic (exact) mass is 320 g/mol. The van der Waals surface area contributed by atoms with Gasteiger partial charge in [-0.25, -0.2) is 9.78 Å². The van der Waals surface area contributed by atoms with E-state index in [4.69, 9.17) is 9.15 Å². The van der Waals surface area contributed by atoms with E-state index in [9.17, 15) is 4.79 Å². The Morgan fingerprint density at radius 3 is 2.89 bits per heavy atom. The number of furan rings is 1. The summed E-state index contributed by atoms with van der Waals surface area (Å²) in [5.74, 6) is 0.750. The molecule has 0 unspecified atom stereocenters. The third-order valence-corrected chi connectivity index (χ3v) is 3.15. The molecule has 1 N–H and O–H groups in total. The molecule has 2 aromatic heterocycles. The van der Waals surface area contributed by atoms with Gasteiger partial charge in [-0.2, -0.15) is 0 Å². The predicted octanol–water partition coefficient (Wildman–Crippen LogP) is 3.37. The molecule has 0 amide bonds. The van der Waals surface area contributed by atoms with Gasteiger partial charge in [0.15, 0.2) is 16.3 Å². The van der Waals surface area contributed by atoms with E-state index in [0.29, 0.717) is 27.3 Å². The lowest BCUT2D eigenvalue weighted by molar-refractivity contribution is 0.0603. The van der Waals surface area contributed by atoms with Crippen LogP contribution in [0.1, 0.15) is 10.4 Å². The Bertz CT molecular complexity index is 760. The van der Waals surface area contributed by atoms with Gasteiger partial charge in [0.05, 0.1) is 18.2 Å². The number of carbonyl (C=O) groups excluding carboxylic acids is 1. The molecule has 0 bridgehead atoms. The van der Waals surface area contributed by atoms with Crippen molar-refractivity contribution in [3.05, 3.63) is 40.6 Å². The molecule has 0 saturated carbocycles. The van der Waals surface area contributed by atoms with Crippen molar-refractivity contribution in [2.24, 2.45) is 0 Å². The van der Waals surface area contributed by atoms with Crippen LogP contribution >= 0.6 is 15.9 Å². The minimum Gasteiger partial charge on any atom is -0.465 e. The first-order valence-corrected chi connectivity index (χ1v) is 6.31. The summed E-state index contributed by atoms with van der Waals surface area (Å²) in [6.45, 7) is 0. The maximum Gasteiger partial charge on any atom is 0.340 e. The molecule has 19 heavy (non-hydrogen) atoms. The molecule has 0 saturated heterocycles. The Balaban J connectivity index is 2.18. The van der Waals surface area contributed by atoms with E-state index in [2.05, 4.69) is 25.9 Å². The molecule has 0 spiro atoms. The second kappa shape index (κ2) is 4.55. The van der Waals surface area contributed by atoms with Gasteiger partial charge in [0.2, 0.25) is 0 Å². The highest BCUT2D eigenvalue weighted by Crippen LogP contribution is 2.26. The number of benzene rings is 1. The van der Waals surface area contributed by atoms with Crippen LogP contribution in [0, 0.1) is 0 Å². The zero-order chi connectivity index (χ0) is 13.4. The van der Waals surface area contributed by atoms with Crippen molar-refractivity contribution >= 4 is 32.9 Å². The highest BCUT2D eigenvalue weighted by molar-refractivity contribution is 9.10. The number of fused-ring (bicyclic) bond motifs is 1. The fraction of sp³-hybridized carbons (Fsp3) is 0.0769. The van der Waals surface area contributed by atoms with Crippen molar-refractivity contribution < 1.29 is 13.9 Å². The van der Waals surface area contributed by atoms with Crippen LogP contribution < -0.4 is 0 Å². The molecule has 96 valence electrons. The summed E-state index contributed by atoms with van der Waals surface area (Å²) in [4.78, 5) is 19.2. The molecular formula is C13H9BrN2O3. The lowest BCUT2D eigenvalue weighted by Crippen LogP contribution is -2.01. The van der Waals surface area contributed by atoms with E-state index in [0.717, 1.165) is 5.52 Å². The second-order valence-corrected chi connectivity index (χ2v) is 4.66. The zero-order valence-electron chi connectivity index (χ0n) is 9.94. The Labute approximate surface area is 116 Å². The lowest BCUT2D eigenvalue weighted by Gasteiger charge is -1.98. The van der Waals surface area contributed by atoms with Crippen molar-refractivity contribution in [1.82, 2.24) is 9.97 Å². The SMILES string of the molecule is COC(=O)c1cccc2[nH]c(-c3ccc(Br)o3)nc12. The number of aromatic nitrogens is 2. The molecule has 0 atom stereocenters. The number of halogens is 1. The zero-order valence-corrected chi connectivity index (χ0v) is 11.5. The molecule has 3 aromatic rings. The molecule has 0 fully saturated rings. The van der Waals surface area contributed by atoms with Crippen molar-refractivity contribution in [1.29, 1.82) is 0 Å². The largest absolute Gasteiger partial charge is 0.465 e. The smallest absolute Gasteiger partial charge is 0.340 e. The van der Waals surface area contributed by atoms with E-state index < -0.39 is 5.97 Å². The maximum atomic E-state index is 11.7. The van der Waals surface area contributed by atoms with Crippen LogP contribution in [0.3, 0.4) is 0 Å². The quantitative estimate of drug-likeness (QED) is 0.735. The summed E-state index contributed by atoms with van der Waals surface area (Å²) in [5, 5.41) is 0. The fourth-order valence-electron chi connectivity index (χ4n) is 1.87. The van der Waals surface area contributed by atoms with Crippen molar-refractivity contribution in [2.75, 3.05) is 7.11 Å². The van der Waals surface area contributed by atoms with Gasteiger partial charge in [-0.15, -0.1) is 0 Å². The highest BCUT2D eigenvalue weighted by Gasteiger charge is 2.15. The molecule has 2 heterocycles. The van der Waals surface area contributed by atoms with E-state index in [1.54, 1.807) is 24.3 Å². The average molecular weight is 321 g/mol. The van der Waals surface area contributed by atoms with Crippen LogP contribution in [-0.4, -0.2) is 23.0 Å². The van der Waals surface area contributed by atoms with Gasteiger partial charge in [-0.1, -0.05) is 6.07 Å². The summed E-state index contributed by atoms with van der Waals surface area (Å²) in [6, 6.07) is 8.87. The second-order valence-electron chi connectivity index (χ2n) is 3.88. The van der Waals surface area contributed by atoms with Gasteiger partial charge in [0, 0.05) is 0 Å². The Kier molecular flexibility index (Phi) is 2.87. The van der Waals surface area contributed by atoms with Gasteiger partial charge >= 0.3 is 5.97 Å². The lowest BCUT2D eigenvalue weighted by atomic mass is 10.2. The standard InChI is InChI=1S/C13H9BrN2O3/c1-18-13(17)7-3-2-4-8-11(7)16-12(15-8)9-5-6-10(14)19-9/h2-6H,1H3,(H,15,16). The summed E-state index contributed by atoms with van der Waals surface area (Å²) in [6.07, 6.45) is 0. The number of methoxy groups -OCH3 is 1. The fourth-order valence-corrected chi connectivity index (χ4v) is 2.17. The average Bonchev–Trinajstić information content (AvgIpc) is 3.02. The van der Waals surface area contributed by atoms with Gasteiger partial charge in [0.25, 0.3) is 0 Å². The van der Waals surface area contributed by atoms with Crippen LogP contribution in [0.15, 0.2) is 39.4 Å². The Morgan fingerprint density at radius 1 is 1.37 bits per heavy atom. The summed E-state index contributed by atoms with van der Waals surface area (Å²) in [7, 11) is 1.35. The number of rotatable bonds is 2. The third kappa shape index (κ3) is 2.04. The molecule has 0 aliphatic heterocycles. The van der Waals surface area contributed by atoms with Crippen molar-refractivity contribution in [2.45, 2.75) is 0 Å². The molecule has 5 nitrogen and oxygen atoms in total. The molecule has 0 aliphatic rings. The van der Waals surface area contributed by atoms with Crippen LogP contribution in [0.25, 0.3) is 22.6 Å². The number of nitrogens with zero attached hydrogens (tertiary/aromatic N) is 1. The minimum atomic E-state index is -0.413. The molecule has 1 aromatic carbocycles. The van der Waals surface area contributed by atoms with E-state index >= 15 is 0 Å². The number of H-pyrrole nitrogens is 1. The van der Waals surface area contributed by atoms with Gasteiger partial charge in [0.1, 0.15) is 5.52 Å². The topological polar surface area (TPSA) is 68.1 Å². The first-order valence-electron chi connectivity index (χ1n) is 5.52. The highest BCUT2D eigenvalue weighted by atomic mass is 79.9. The summed E-state index contributed by atoms with van der Waals surface area (Å²) in [5.41, 5.74) is 1.75. The number of carbonyl (C=O) groups is 1. The molecule has 0 aliphatic carbocycles. The van der Waals surface area contributed by atoms with Crippen LogP contribution in [0.2, 0.25) is 0 Å². The van der Waals surface area contributed by atoms with Crippen LogP contribution in [0.4, 0.5) is 0 Å². The van der Waals surface area contributed by atoms with Crippen LogP contribution in [-0.2, 0) is 4.74 Å². The van der Waals surface area contributed by atoms with Gasteiger partial charge in [-0.05, 0) is 40.2 Å². The van der Waals surface area contributed by atoms with Gasteiger partial charge in [-0.3, -0.25) is 0 Å². The number of hydrogen-bond acceptors (Lipinski definition) is 4. The number of para-hydroxylation sites is 1. The minimum absolute atomic E-state index is 0.413. The van der Waals surface area contributed by atoms with E-state index in [-0.39, 0.29) is 0 Å². The van der Waals surface area contributed by atoms with E-state index in [1.165, 1.54) is 7.11 Å². The summed E-state index contributed by atoms with van der Waals surface area (Å²) >= 11 is 3.24. The summed E-state index contributed by atoms with van der Waals surface area (Å²) < 4.78 is 10.8. The number of nitrogens with one attached hydrogen (secondary N) is 1. The van der Waals surface area contributed by atoms with Crippen molar-refractivity contribution in [3.8, 4) is 11.6 Å². The number of imidazole rings is 1. The number of aromatic amines is 1. The first kappa shape index (κ1) is 12.0. The third-order valence-electron chi connectivity index (χ3n) is 2.72.